The molecule has 6 N–H and O–H groups in total. The van der Waals surface area contributed by atoms with E-state index in [9.17, 15) is 24.6 Å². The fourth-order valence-electron chi connectivity index (χ4n) is 7.80. The highest BCUT2D eigenvalue weighted by atomic mass is 32.2. The van der Waals surface area contributed by atoms with Crippen molar-refractivity contribution in [3.8, 4) is 0 Å². The molecule has 0 aromatic rings. The van der Waals surface area contributed by atoms with Crippen LogP contribution in [0.15, 0.2) is 23.8 Å². The van der Waals surface area contributed by atoms with E-state index in [-0.39, 0.29) is 42.0 Å². The van der Waals surface area contributed by atoms with Crippen molar-refractivity contribution in [2.24, 2.45) is 17.8 Å². The zero-order valence-corrected chi connectivity index (χ0v) is 28.8. The lowest BCUT2D eigenvalue weighted by Gasteiger charge is -2.17. The summed E-state index contributed by atoms with van der Waals surface area (Å²) in [6, 6.07) is 0.437. The molecule has 2 saturated heterocycles. The van der Waals surface area contributed by atoms with Gasteiger partial charge in [0.15, 0.2) is 0 Å². The lowest BCUT2D eigenvalue weighted by atomic mass is 9.90. The summed E-state index contributed by atoms with van der Waals surface area (Å²) in [5.74, 6) is 2.32. The summed E-state index contributed by atoms with van der Waals surface area (Å²) < 4.78 is 0. The number of unbranched alkanes of at least 4 members (excludes halogenated alkanes) is 6. The third-order valence-corrected chi connectivity index (χ3v) is 11.9. The number of hydrogen-bond donors (Lipinski definition) is 6. The highest BCUT2D eigenvalue weighted by Gasteiger charge is 2.45. The molecule has 2 aliphatic carbocycles. The van der Waals surface area contributed by atoms with Crippen molar-refractivity contribution in [2.75, 3.05) is 18.8 Å². The number of urea groups is 1. The maximum Gasteiger partial charge on any atom is 0.315 e. The van der Waals surface area contributed by atoms with Crippen molar-refractivity contribution in [3.05, 3.63) is 23.8 Å². The van der Waals surface area contributed by atoms with Gasteiger partial charge in [-0.25, -0.2) is 4.79 Å². The molecule has 2 saturated carbocycles. The van der Waals surface area contributed by atoms with Crippen LogP contribution in [0.25, 0.3) is 0 Å². The van der Waals surface area contributed by atoms with Crippen LogP contribution in [0.2, 0.25) is 0 Å². The van der Waals surface area contributed by atoms with Crippen molar-refractivity contribution < 1.29 is 24.6 Å². The van der Waals surface area contributed by atoms with Crippen LogP contribution in [-0.4, -0.2) is 76.4 Å². The molecule has 0 aromatic carbocycles. The van der Waals surface area contributed by atoms with Gasteiger partial charge in [0.25, 0.3) is 0 Å². The molecule has 0 bridgehead atoms. The molecule has 4 amide bonds. The van der Waals surface area contributed by atoms with Gasteiger partial charge < -0.3 is 31.5 Å². The molecule has 4 fully saturated rings. The average molecular weight is 661 g/mol. The number of thioether (sulfide) groups is 1. The Morgan fingerprint density at radius 2 is 1.74 bits per heavy atom. The maximum absolute atomic E-state index is 12.3. The second kappa shape index (κ2) is 19.7. The average Bonchev–Trinajstić information content (AvgIpc) is 3.77. The summed E-state index contributed by atoms with van der Waals surface area (Å²) in [6.45, 7) is 3.53. The summed E-state index contributed by atoms with van der Waals surface area (Å²) in [4.78, 5) is 35.9. The largest absolute Gasteiger partial charge is 0.392 e. The van der Waals surface area contributed by atoms with Gasteiger partial charge in [0.05, 0.1) is 24.3 Å². The van der Waals surface area contributed by atoms with Gasteiger partial charge in [0.1, 0.15) is 0 Å². The molecule has 4 rings (SSSR count). The van der Waals surface area contributed by atoms with Crippen molar-refractivity contribution >= 4 is 29.6 Å². The number of nitrogens with one attached hydrogen (secondary N) is 4. The van der Waals surface area contributed by atoms with E-state index in [1.54, 1.807) is 0 Å². The highest BCUT2D eigenvalue weighted by Crippen LogP contribution is 2.50. The molecule has 9 nitrogen and oxygen atoms in total. The predicted octanol–water partition coefficient (Wildman–Crippen LogP) is 5.12. The maximum atomic E-state index is 12.3. The third kappa shape index (κ3) is 11.9. The zero-order chi connectivity index (χ0) is 32.7. The Balaban J connectivity index is 0.956. The minimum absolute atomic E-state index is 0.0511. The van der Waals surface area contributed by atoms with Crippen LogP contribution in [0, 0.1) is 17.8 Å². The number of aliphatic hydroxyl groups excluding tert-OH is 2. The number of amides is 4. The summed E-state index contributed by atoms with van der Waals surface area (Å²) in [6.07, 6.45) is 21.2. The summed E-state index contributed by atoms with van der Waals surface area (Å²) in [5, 5.41) is 33.4. The van der Waals surface area contributed by atoms with Gasteiger partial charge in [-0.3, -0.25) is 9.59 Å². The lowest BCUT2D eigenvalue weighted by Crippen LogP contribution is -2.36. The van der Waals surface area contributed by atoms with Crippen molar-refractivity contribution in [3.63, 3.8) is 0 Å². The normalized spacial score (nSPS) is 29.9. The van der Waals surface area contributed by atoms with Crippen LogP contribution >= 0.6 is 11.8 Å². The molecular formula is C36H60N4O5S. The van der Waals surface area contributed by atoms with Crippen molar-refractivity contribution in [1.29, 1.82) is 0 Å². The molecule has 260 valence electrons. The molecule has 2 heterocycles. The summed E-state index contributed by atoms with van der Waals surface area (Å²) in [5.41, 5.74) is 1.47. The zero-order valence-electron chi connectivity index (χ0n) is 28.0. The first-order chi connectivity index (χ1) is 22.3. The monoisotopic (exact) mass is 660 g/mol. The number of allylic oxidation sites excluding steroid dienone is 2. The Kier molecular flexibility index (Phi) is 15.8. The van der Waals surface area contributed by atoms with Crippen LogP contribution in [0.1, 0.15) is 116 Å². The number of carbonyl (C=O) groups excluding carboxylic acids is 3. The smallest absolute Gasteiger partial charge is 0.315 e. The Morgan fingerprint density at radius 3 is 2.50 bits per heavy atom. The van der Waals surface area contributed by atoms with E-state index in [0.29, 0.717) is 43.0 Å². The first-order valence-corrected chi connectivity index (χ1v) is 19.3. The molecule has 8 atom stereocenters. The number of hydrogen-bond acceptors (Lipinski definition) is 6. The number of rotatable bonds is 21. The van der Waals surface area contributed by atoms with E-state index < -0.39 is 6.10 Å². The molecule has 2 aliphatic heterocycles. The highest BCUT2D eigenvalue weighted by molar-refractivity contribution is 8.00. The SMILES string of the molecule is CCCCC[C@H](O)/C=C/[C@@H]1[C@H]2C/C(=C/CCCC(=O)NCCCCCNC(=O)CCCC[C@H]3SC[C@@H]4NC(=O)N[C@@H]43)C[C@H]2C[C@H]1O. The molecule has 46 heavy (non-hydrogen) atoms. The van der Waals surface area contributed by atoms with Crippen LogP contribution in [0.5, 0.6) is 0 Å². The molecular weight excluding hydrogens is 600 g/mol. The van der Waals surface area contributed by atoms with Crippen LogP contribution in [0.3, 0.4) is 0 Å². The number of aliphatic hydroxyl groups is 2. The molecule has 4 aliphatic rings. The Morgan fingerprint density at radius 1 is 0.978 bits per heavy atom. The van der Waals surface area contributed by atoms with Crippen molar-refractivity contribution in [2.45, 2.75) is 146 Å². The summed E-state index contributed by atoms with van der Waals surface area (Å²) >= 11 is 1.92. The predicted molar refractivity (Wildman–Crippen MR) is 185 cm³/mol. The number of carbonyl (C=O) groups is 3. The van der Waals surface area contributed by atoms with Crippen LogP contribution in [-0.2, 0) is 9.59 Å². The van der Waals surface area contributed by atoms with Crippen LogP contribution in [0.4, 0.5) is 4.79 Å². The minimum Gasteiger partial charge on any atom is -0.392 e. The minimum atomic E-state index is -0.410. The first kappa shape index (κ1) is 36.8. The molecule has 0 aromatic heterocycles. The Bertz CT molecular complexity index is 1040. The van der Waals surface area contributed by atoms with Crippen molar-refractivity contribution in [1.82, 2.24) is 21.3 Å². The van der Waals surface area contributed by atoms with Gasteiger partial charge in [0, 0.05) is 42.9 Å². The van der Waals surface area contributed by atoms with E-state index >= 15 is 0 Å². The van der Waals surface area contributed by atoms with Gasteiger partial charge in [-0.1, -0.05) is 56.4 Å². The van der Waals surface area contributed by atoms with Gasteiger partial charge in [-0.05, 0) is 82.5 Å². The second-order valence-electron chi connectivity index (χ2n) is 14.0. The molecule has 0 unspecified atom stereocenters. The topological polar surface area (TPSA) is 140 Å². The standard InChI is InChI=1S/C36H60N4O5S/c1-2-3-5-13-27(41)17-18-28-29-22-25(21-26(29)23-31(28)42)12-6-8-15-33(43)37-19-10-4-11-20-38-34(44)16-9-7-14-32-35-30(24-46-32)39-36(45)40-35/h12,17-18,26-32,35,41-42H,2-11,13-16,19-24H2,1H3,(H,37,43)(H,38,44)(H2,39,40,45)/b18-17+,25-12+/t26-,27-,28+,29-,30-,31+,32+,35-/m0/s1. The molecule has 0 radical (unpaired) electrons. The van der Waals surface area contributed by atoms with Gasteiger partial charge in [-0.2, -0.15) is 11.8 Å². The third-order valence-electron chi connectivity index (χ3n) is 10.4. The van der Waals surface area contributed by atoms with E-state index in [1.165, 1.54) is 5.57 Å². The lowest BCUT2D eigenvalue weighted by molar-refractivity contribution is -0.121. The van der Waals surface area contributed by atoms with E-state index in [0.717, 1.165) is 102 Å². The van der Waals surface area contributed by atoms with E-state index in [4.69, 9.17) is 0 Å². The van der Waals surface area contributed by atoms with Gasteiger partial charge in [-0.15, -0.1) is 0 Å². The van der Waals surface area contributed by atoms with Gasteiger partial charge >= 0.3 is 6.03 Å². The van der Waals surface area contributed by atoms with E-state index in [1.807, 2.05) is 17.8 Å². The first-order valence-electron chi connectivity index (χ1n) is 18.3. The summed E-state index contributed by atoms with van der Waals surface area (Å²) in [7, 11) is 0. The fraction of sp³-hybridized carbons (Fsp3) is 0.806. The number of fused-ring (bicyclic) bond motifs is 2. The fourth-order valence-corrected chi connectivity index (χ4v) is 9.34. The second-order valence-corrected chi connectivity index (χ2v) is 15.3. The molecule has 0 spiro atoms. The van der Waals surface area contributed by atoms with Gasteiger partial charge in [0.2, 0.25) is 11.8 Å². The van der Waals surface area contributed by atoms with E-state index in [2.05, 4.69) is 40.3 Å². The molecule has 10 heteroatoms. The Hall–Kier alpha value is -2.04. The Labute approximate surface area is 281 Å². The quantitative estimate of drug-likeness (QED) is 0.0574. The van der Waals surface area contributed by atoms with Crippen LogP contribution < -0.4 is 21.3 Å².